The van der Waals surface area contributed by atoms with Crippen LogP contribution in [0.3, 0.4) is 0 Å². The second kappa shape index (κ2) is 10.1. The van der Waals surface area contributed by atoms with Crippen LogP contribution in [0.2, 0.25) is 5.02 Å². The van der Waals surface area contributed by atoms with Crippen molar-refractivity contribution < 1.29 is 23.4 Å². The number of methoxy groups -OCH3 is 2. The van der Waals surface area contributed by atoms with E-state index in [0.29, 0.717) is 46.5 Å². The molecule has 0 spiro atoms. The third-order valence-corrected chi connectivity index (χ3v) is 6.07. The van der Waals surface area contributed by atoms with Crippen molar-refractivity contribution in [2.24, 2.45) is 0 Å². The second-order valence-electron chi connectivity index (χ2n) is 7.03. The number of benzene rings is 2. The van der Waals surface area contributed by atoms with Gasteiger partial charge in [-0.1, -0.05) is 23.4 Å². The SMILES string of the molecule is COc1cc2c(cc1OC)CN(C(=O)CSc1nnc(COc3ccc(Cl)cc3)o1)CC2. The summed E-state index contributed by atoms with van der Waals surface area (Å²) in [5.74, 6) is 2.57. The Bertz CT molecular complexity index is 1090. The molecule has 168 valence electrons. The molecule has 3 aromatic rings. The minimum absolute atomic E-state index is 0.00704. The van der Waals surface area contributed by atoms with Crippen molar-refractivity contribution in [1.29, 1.82) is 0 Å². The van der Waals surface area contributed by atoms with E-state index in [2.05, 4.69) is 10.2 Å². The van der Waals surface area contributed by atoms with Crippen molar-refractivity contribution in [3.05, 3.63) is 58.4 Å². The Morgan fingerprint density at radius 3 is 2.56 bits per heavy atom. The van der Waals surface area contributed by atoms with Gasteiger partial charge in [-0.2, -0.15) is 0 Å². The average Bonchev–Trinajstić information content (AvgIpc) is 3.28. The van der Waals surface area contributed by atoms with Crippen molar-refractivity contribution in [3.8, 4) is 17.2 Å². The minimum Gasteiger partial charge on any atom is -0.493 e. The topological polar surface area (TPSA) is 86.9 Å². The maximum Gasteiger partial charge on any atom is 0.277 e. The van der Waals surface area contributed by atoms with E-state index in [-0.39, 0.29) is 18.3 Å². The van der Waals surface area contributed by atoms with Gasteiger partial charge in [-0.3, -0.25) is 4.79 Å². The Morgan fingerprint density at radius 1 is 1.12 bits per heavy atom. The highest BCUT2D eigenvalue weighted by Gasteiger charge is 2.23. The Kier molecular flexibility index (Phi) is 7.06. The van der Waals surface area contributed by atoms with E-state index in [1.807, 2.05) is 17.0 Å². The fourth-order valence-electron chi connectivity index (χ4n) is 3.34. The zero-order chi connectivity index (χ0) is 22.5. The molecule has 32 heavy (non-hydrogen) atoms. The zero-order valence-electron chi connectivity index (χ0n) is 17.7. The highest BCUT2D eigenvalue weighted by molar-refractivity contribution is 7.99. The van der Waals surface area contributed by atoms with Gasteiger partial charge in [0.15, 0.2) is 18.1 Å². The number of amides is 1. The summed E-state index contributed by atoms with van der Waals surface area (Å²) in [6, 6.07) is 10.9. The van der Waals surface area contributed by atoms with Gasteiger partial charge in [0.2, 0.25) is 5.91 Å². The van der Waals surface area contributed by atoms with E-state index in [0.717, 1.165) is 12.0 Å². The Labute approximate surface area is 194 Å². The van der Waals surface area contributed by atoms with E-state index in [9.17, 15) is 4.79 Å². The summed E-state index contributed by atoms with van der Waals surface area (Å²) < 4.78 is 21.9. The van der Waals surface area contributed by atoms with E-state index in [4.69, 9.17) is 30.2 Å². The smallest absolute Gasteiger partial charge is 0.277 e. The van der Waals surface area contributed by atoms with Gasteiger partial charge < -0.3 is 23.5 Å². The third-order valence-electron chi connectivity index (χ3n) is 5.01. The van der Waals surface area contributed by atoms with Gasteiger partial charge in [0.1, 0.15) is 5.75 Å². The quantitative estimate of drug-likeness (QED) is 0.452. The van der Waals surface area contributed by atoms with Gasteiger partial charge in [-0.05, 0) is 53.9 Å². The average molecular weight is 476 g/mol. The highest BCUT2D eigenvalue weighted by Crippen LogP contribution is 2.33. The van der Waals surface area contributed by atoms with E-state index >= 15 is 0 Å². The van der Waals surface area contributed by atoms with Crippen LogP contribution in [-0.4, -0.2) is 47.5 Å². The first-order valence-electron chi connectivity index (χ1n) is 9.91. The van der Waals surface area contributed by atoms with Crippen LogP contribution < -0.4 is 14.2 Å². The fourth-order valence-corrected chi connectivity index (χ4v) is 4.15. The van der Waals surface area contributed by atoms with Crippen LogP contribution in [0.5, 0.6) is 17.2 Å². The molecule has 4 rings (SSSR count). The van der Waals surface area contributed by atoms with Gasteiger partial charge in [-0.25, -0.2) is 0 Å². The maximum absolute atomic E-state index is 12.7. The number of fused-ring (bicyclic) bond motifs is 1. The van der Waals surface area contributed by atoms with Crippen molar-refractivity contribution >= 4 is 29.3 Å². The lowest BCUT2D eigenvalue weighted by molar-refractivity contribution is -0.129. The number of aromatic nitrogens is 2. The molecule has 1 aliphatic heterocycles. The minimum atomic E-state index is 0.00704. The molecule has 0 radical (unpaired) electrons. The largest absolute Gasteiger partial charge is 0.493 e. The second-order valence-corrected chi connectivity index (χ2v) is 8.40. The van der Waals surface area contributed by atoms with Crippen molar-refractivity contribution in [3.63, 3.8) is 0 Å². The number of carbonyl (C=O) groups excluding carboxylic acids is 1. The summed E-state index contributed by atoms with van der Waals surface area (Å²) in [6.07, 6.45) is 0.763. The van der Waals surface area contributed by atoms with Crippen LogP contribution in [0.4, 0.5) is 0 Å². The fraction of sp³-hybridized carbons (Fsp3) is 0.318. The third kappa shape index (κ3) is 5.28. The van der Waals surface area contributed by atoms with Crippen LogP contribution >= 0.6 is 23.4 Å². The molecule has 0 N–H and O–H groups in total. The Hall–Kier alpha value is -2.91. The summed E-state index contributed by atoms with van der Waals surface area (Å²) in [4.78, 5) is 14.5. The van der Waals surface area contributed by atoms with Crippen molar-refractivity contribution in [1.82, 2.24) is 15.1 Å². The summed E-state index contributed by atoms with van der Waals surface area (Å²) in [5.41, 5.74) is 2.23. The van der Waals surface area contributed by atoms with E-state index < -0.39 is 0 Å². The summed E-state index contributed by atoms with van der Waals surface area (Å²) in [6.45, 7) is 1.31. The Morgan fingerprint density at radius 2 is 1.84 bits per heavy atom. The van der Waals surface area contributed by atoms with Crippen molar-refractivity contribution in [2.75, 3.05) is 26.5 Å². The zero-order valence-corrected chi connectivity index (χ0v) is 19.2. The van der Waals surface area contributed by atoms with Crippen LogP contribution in [-0.2, 0) is 24.4 Å². The number of hydrogen-bond acceptors (Lipinski definition) is 8. The molecule has 2 aromatic carbocycles. The number of nitrogens with zero attached hydrogens (tertiary/aromatic N) is 3. The van der Waals surface area contributed by atoms with E-state index in [1.165, 1.54) is 17.3 Å². The molecule has 1 aliphatic rings. The molecular formula is C22H22ClN3O5S. The molecular weight excluding hydrogens is 454 g/mol. The molecule has 1 aromatic heterocycles. The number of halogens is 1. The predicted molar refractivity (Wildman–Crippen MR) is 119 cm³/mol. The lowest BCUT2D eigenvalue weighted by atomic mass is 9.99. The number of hydrogen-bond donors (Lipinski definition) is 0. The molecule has 0 bridgehead atoms. The van der Waals surface area contributed by atoms with Crippen LogP contribution in [0.15, 0.2) is 46.0 Å². The molecule has 0 fully saturated rings. The first-order valence-corrected chi connectivity index (χ1v) is 11.3. The molecule has 0 unspecified atom stereocenters. The molecule has 10 heteroatoms. The first-order chi connectivity index (χ1) is 15.6. The molecule has 8 nitrogen and oxygen atoms in total. The van der Waals surface area contributed by atoms with E-state index in [1.54, 1.807) is 38.5 Å². The molecule has 0 atom stereocenters. The summed E-state index contributed by atoms with van der Waals surface area (Å²) >= 11 is 7.07. The standard InChI is InChI=1S/C22H22ClN3O5S/c1-28-18-9-14-7-8-26(11-15(14)10-19(18)29-2)21(27)13-32-22-25-24-20(31-22)12-30-17-5-3-16(23)4-6-17/h3-6,9-10H,7-8,11-13H2,1-2H3. The summed E-state index contributed by atoms with van der Waals surface area (Å²) in [7, 11) is 3.22. The van der Waals surface area contributed by atoms with Crippen molar-refractivity contribution in [2.45, 2.75) is 24.8 Å². The number of carbonyl (C=O) groups is 1. The Balaban J connectivity index is 1.29. The van der Waals surface area contributed by atoms with Gasteiger partial charge in [0.05, 0.1) is 20.0 Å². The predicted octanol–water partition coefficient (Wildman–Crippen LogP) is 4.00. The molecule has 0 aliphatic carbocycles. The van der Waals surface area contributed by atoms with Crippen LogP contribution in [0, 0.1) is 0 Å². The van der Waals surface area contributed by atoms with Gasteiger partial charge in [-0.15, -0.1) is 10.2 Å². The van der Waals surface area contributed by atoms with Gasteiger partial charge >= 0.3 is 0 Å². The van der Waals surface area contributed by atoms with Crippen LogP contribution in [0.1, 0.15) is 17.0 Å². The number of ether oxygens (including phenoxy) is 3. The lowest BCUT2D eigenvalue weighted by Gasteiger charge is -2.29. The van der Waals surface area contributed by atoms with Crippen LogP contribution in [0.25, 0.3) is 0 Å². The maximum atomic E-state index is 12.7. The van der Waals surface area contributed by atoms with Gasteiger partial charge in [0, 0.05) is 18.1 Å². The highest BCUT2D eigenvalue weighted by atomic mass is 35.5. The molecule has 0 saturated carbocycles. The molecule has 1 amide bonds. The summed E-state index contributed by atoms with van der Waals surface area (Å²) in [5, 5.41) is 8.91. The molecule has 2 heterocycles. The lowest BCUT2D eigenvalue weighted by Crippen LogP contribution is -2.37. The normalized spacial score (nSPS) is 12.9. The molecule has 0 saturated heterocycles. The number of rotatable bonds is 8. The monoisotopic (exact) mass is 475 g/mol. The van der Waals surface area contributed by atoms with Gasteiger partial charge in [0.25, 0.3) is 11.1 Å². The first kappa shape index (κ1) is 22.3. The number of thioether (sulfide) groups is 1.